The van der Waals surface area contributed by atoms with Crippen LogP contribution < -0.4 is 5.73 Å². The molecule has 0 aromatic carbocycles. The highest BCUT2D eigenvalue weighted by Gasteiger charge is 2.37. The number of nitrogens with two attached hydrogens (primary N) is 1. The second-order valence-electron chi connectivity index (χ2n) is 5.68. The first-order valence-electron chi connectivity index (χ1n) is 6.40. The molecule has 2 saturated heterocycles. The van der Waals surface area contributed by atoms with Crippen LogP contribution in [-0.4, -0.2) is 49.2 Å². The van der Waals surface area contributed by atoms with Crippen molar-refractivity contribution in [3.05, 3.63) is 0 Å². The molecule has 7 heteroatoms. The van der Waals surface area contributed by atoms with E-state index in [4.69, 9.17) is 5.73 Å². The van der Waals surface area contributed by atoms with Gasteiger partial charge >= 0.3 is 0 Å². The molecule has 2 fully saturated rings. The van der Waals surface area contributed by atoms with Crippen molar-refractivity contribution >= 4 is 22.6 Å². The summed E-state index contributed by atoms with van der Waals surface area (Å²) < 4.78 is 28.0. The van der Waals surface area contributed by atoms with Gasteiger partial charge in [-0.1, -0.05) is 13.8 Å². The lowest BCUT2D eigenvalue weighted by Crippen LogP contribution is -2.49. The van der Waals surface area contributed by atoms with E-state index in [2.05, 4.69) is 13.8 Å². The van der Waals surface area contributed by atoms with Gasteiger partial charge in [-0.25, -0.2) is 0 Å². The van der Waals surface area contributed by atoms with Crippen molar-refractivity contribution in [1.29, 1.82) is 0 Å². The van der Waals surface area contributed by atoms with Crippen LogP contribution in [0.25, 0.3) is 0 Å². The van der Waals surface area contributed by atoms with Gasteiger partial charge in [-0.3, -0.25) is 0 Å². The Labute approximate surface area is 116 Å². The summed E-state index contributed by atoms with van der Waals surface area (Å²) in [5.41, 5.74) is 5.78. The van der Waals surface area contributed by atoms with Gasteiger partial charge in [0.25, 0.3) is 10.2 Å². The van der Waals surface area contributed by atoms with Crippen molar-refractivity contribution in [2.45, 2.75) is 32.7 Å². The van der Waals surface area contributed by atoms with Crippen LogP contribution in [0.1, 0.15) is 26.7 Å². The van der Waals surface area contributed by atoms with Crippen LogP contribution in [0.4, 0.5) is 0 Å². The minimum absolute atomic E-state index is 0. The Balaban J connectivity index is 0.00000162. The smallest absolute Gasteiger partial charge is 0.282 e. The standard InChI is InChI=1S/C11H23N3O2S.ClH/c1-9-5-10(2)7-14(6-9)17(15,16)13-4-3-11(12)8-13;/h9-11H,3-8,12H2,1-2H3;1H. The molecule has 3 unspecified atom stereocenters. The molecule has 3 atom stereocenters. The highest BCUT2D eigenvalue weighted by atomic mass is 35.5. The average molecular weight is 298 g/mol. The van der Waals surface area contributed by atoms with Crippen molar-refractivity contribution in [2.24, 2.45) is 17.6 Å². The topological polar surface area (TPSA) is 66.6 Å². The number of nitrogens with zero attached hydrogens (tertiary/aromatic N) is 2. The second kappa shape index (κ2) is 6.05. The Hall–Kier alpha value is 0.120. The first kappa shape index (κ1) is 16.2. The normalized spacial score (nSPS) is 35.4. The monoisotopic (exact) mass is 297 g/mol. The highest BCUT2D eigenvalue weighted by Crippen LogP contribution is 2.26. The molecule has 0 bridgehead atoms. The van der Waals surface area contributed by atoms with Gasteiger partial charge in [-0.2, -0.15) is 17.0 Å². The van der Waals surface area contributed by atoms with E-state index in [1.54, 1.807) is 8.61 Å². The van der Waals surface area contributed by atoms with Gasteiger partial charge in [0.2, 0.25) is 0 Å². The van der Waals surface area contributed by atoms with Crippen LogP contribution in [0.15, 0.2) is 0 Å². The zero-order valence-electron chi connectivity index (χ0n) is 11.1. The van der Waals surface area contributed by atoms with Gasteiger partial charge in [-0.05, 0) is 24.7 Å². The molecule has 0 spiro atoms. The fourth-order valence-corrected chi connectivity index (χ4v) is 4.85. The van der Waals surface area contributed by atoms with Crippen molar-refractivity contribution < 1.29 is 8.42 Å². The number of halogens is 1. The molecule has 0 aromatic rings. The second-order valence-corrected chi connectivity index (χ2v) is 7.61. The number of piperidine rings is 1. The van der Waals surface area contributed by atoms with Crippen LogP contribution in [0.2, 0.25) is 0 Å². The molecule has 2 rings (SSSR count). The molecule has 0 aromatic heterocycles. The Bertz CT molecular complexity index is 366. The molecule has 108 valence electrons. The van der Waals surface area contributed by atoms with E-state index in [-0.39, 0.29) is 18.4 Å². The third-order valence-corrected chi connectivity index (χ3v) is 5.61. The summed E-state index contributed by atoms with van der Waals surface area (Å²) in [4.78, 5) is 0. The number of rotatable bonds is 2. The number of hydrogen-bond acceptors (Lipinski definition) is 3. The van der Waals surface area contributed by atoms with E-state index < -0.39 is 10.2 Å². The zero-order chi connectivity index (χ0) is 12.6. The molecule has 0 saturated carbocycles. The molecule has 2 aliphatic heterocycles. The summed E-state index contributed by atoms with van der Waals surface area (Å²) in [7, 11) is -3.27. The SMILES string of the molecule is CC1CC(C)CN(S(=O)(=O)N2CCC(N)C2)C1.Cl. The third-order valence-electron chi connectivity index (χ3n) is 3.68. The Kier molecular flexibility index (Phi) is 5.44. The lowest BCUT2D eigenvalue weighted by Gasteiger charge is -2.36. The van der Waals surface area contributed by atoms with E-state index >= 15 is 0 Å². The number of hydrogen-bond donors (Lipinski definition) is 1. The van der Waals surface area contributed by atoms with Crippen molar-refractivity contribution in [2.75, 3.05) is 26.2 Å². The maximum atomic E-state index is 12.4. The minimum atomic E-state index is -3.27. The molecule has 2 aliphatic rings. The summed E-state index contributed by atoms with van der Waals surface area (Å²) in [6.45, 7) is 6.59. The third kappa shape index (κ3) is 3.36. The fourth-order valence-electron chi connectivity index (χ4n) is 2.92. The van der Waals surface area contributed by atoms with Crippen LogP contribution in [0.3, 0.4) is 0 Å². The van der Waals surface area contributed by atoms with Crippen LogP contribution in [0.5, 0.6) is 0 Å². The summed E-state index contributed by atoms with van der Waals surface area (Å²) in [6.07, 6.45) is 1.89. The Morgan fingerprint density at radius 2 is 1.61 bits per heavy atom. The van der Waals surface area contributed by atoms with E-state index in [1.165, 1.54) is 0 Å². The van der Waals surface area contributed by atoms with Crippen molar-refractivity contribution in [1.82, 2.24) is 8.61 Å². The van der Waals surface area contributed by atoms with Crippen LogP contribution in [0, 0.1) is 11.8 Å². The van der Waals surface area contributed by atoms with E-state index in [9.17, 15) is 8.42 Å². The van der Waals surface area contributed by atoms with E-state index in [1.807, 2.05) is 0 Å². The van der Waals surface area contributed by atoms with Crippen LogP contribution >= 0.6 is 12.4 Å². The molecule has 0 radical (unpaired) electrons. The predicted octanol–water partition coefficient (Wildman–Crippen LogP) is 0.664. The largest absolute Gasteiger partial charge is 0.326 e. The van der Waals surface area contributed by atoms with Crippen molar-refractivity contribution in [3.8, 4) is 0 Å². The Morgan fingerprint density at radius 1 is 1.06 bits per heavy atom. The molecule has 2 N–H and O–H groups in total. The first-order chi connectivity index (χ1) is 7.89. The van der Waals surface area contributed by atoms with E-state index in [0.29, 0.717) is 38.0 Å². The molecule has 5 nitrogen and oxygen atoms in total. The van der Waals surface area contributed by atoms with Crippen LogP contribution in [-0.2, 0) is 10.2 Å². The maximum Gasteiger partial charge on any atom is 0.282 e. The van der Waals surface area contributed by atoms with Crippen molar-refractivity contribution in [3.63, 3.8) is 0 Å². The van der Waals surface area contributed by atoms with E-state index in [0.717, 1.165) is 12.8 Å². The van der Waals surface area contributed by atoms with Gasteiger partial charge in [0, 0.05) is 32.2 Å². The highest BCUT2D eigenvalue weighted by molar-refractivity contribution is 7.86. The molecule has 0 aliphatic carbocycles. The Morgan fingerprint density at radius 3 is 2.06 bits per heavy atom. The first-order valence-corrected chi connectivity index (χ1v) is 7.80. The molecule has 0 amide bonds. The quantitative estimate of drug-likeness (QED) is 0.814. The van der Waals surface area contributed by atoms with Gasteiger partial charge in [0.05, 0.1) is 0 Å². The molecular weight excluding hydrogens is 274 g/mol. The summed E-state index contributed by atoms with van der Waals surface area (Å²) in [5.74, 6) is 0.898. The lowest BCUT2D eigenvalue weighted by atomic mass is 9.94. The van der Waals surface area contributed by atoms with Gasteiger partial charge < -0.3 is 5.73 Å². The summed E-state index contributed by atoms with van der Waals surface area (Å²) >= 11 is 0. The fraction of sp³-hybridized carbons (Fsp3) is 1.00. The summed E-state index contributed by atoms with van der Waals surface area (Å²) in [6, 6.07) is 0.00409. The predicted molar refractivity (Wildman–Crippen MR) is 74.9 cm³/mol. The average Bonchev–Trinajstić information content (AvgIpc) is 2.64. The lowest BCUT2D eigenvalue weighted by molar-refractivity contribution is 0.211. The van der Waals surface area contributed by atoms with Gasteiger partial charge in [-0.15, -0.1) is 12.4 Å². The molecule has 18 heavy (non-hydrogen) atoms. The molecule has 2 heterocycles. The molecular formula is C11H24ClN3O2S. The zero-order valence-corrected chi connectivity index (χ0v) is 12.7. The summed E-state index contributed by atoms with van der Waals surface area (Å²) in [5, 5.41) is 0. The minimum Gasteiger partial charge on any atom is -0.326 e. The van der Waals surface area contributed by atoms with Gasteiger partial charge in [0.1, 0.15) is 0 Å². The maximum absolute atomic E-state index is 12.4. The van der Waals surface area contributed by atoms with Gasteiger partial charge in [0.15, 0.2) is 0 Å².